The van der Waals surface area contributed by atoms with E-state index in [9.17, 15) is 0 Å². The Morgan fingerprint density at radius 1 is 0.279 bits per heavy atom. The van der Waals surface area contributed by atoms with E-state index >= 15 is 0 Å². The summed E-state index contributed by atoms with van der Waals surface area (Å²) in [5, 5.41) is 11.5. The highest BCUT2D eigenvalue weighted by molar-refractivity contribution is 6.28. The largest absolute Gasteiger partial charge is 0.456 e. The Bertz CT molecular complexity index is 5070. The van der Waals surface area contributed by atoms with Crippen molar-refractivity contribution in [2.45, 2.75) is 66.2 Å². The highest BCUT2D eigenvalue weighted by atomic mass is 16.3. The number of hydrogen-bond acceptors (Lipinski definition) is 4. The highest BCUT2D eigenvalue weighted by Crippen LogP contribution is 2.47. The van der Waals surface area contributed by atoms with Crippen LogP contribution in [0, 0.1) is 13.8 Å². The monoisotopic (exact) mass is 1110 g/mol. The standard InChI is InChI=1S/C80H64N4O2/c1-49-25-37-69-67(41-49)61-31-27-57(45-71(61)83(69)55-23-15-17-51(43-55)79(3,4)5)81(53-19-11-9-12-20-53)59-29-33-65-75(47-59)85-73-39-35-64-63(77(65)73)36-40-74-78(64)66-34-30-60(48-76(66)86-74)82(54-21-13-10-14-22-54)58-28-32-62-68-42-50(2)26-38-70(68)84(72(62)46-58)56-24-16-18-52(44-56)80(6,7)8/h9-48H,1-8H3. The third-order valence-electron chi connectivity index (χ3n) is 17.8. The van der Waals surface area contributed by atoms with Crippen LogP contribution in [-0.4, -0.2) is 9.13 Å². The Kier molecular flexibility index (Phi) is 11.4. The average molecular weight is 1110 g/mol. The van der Waals surface area contributed by atoms with Gasteiger partial charge in [0.05, 0.1) is 22.1 Å². The molecule has 86 heavy (non-hydrogen) atoms. The van der Waals surface area contributed by atoms with Crippen LogP contribution in [0.15, 0.2) is 251 Å². The number of para-hydroxylation sites is 2. The summed E-state index contributed by atoms with van der Waals surface area (Å²) < 4.78 is 18.7. The lowest BCUT2D eigenvalue weighted by atomic mass is 9.87. The van der Waals surface area contributed by atoms with E-state index < -0.39 is 0 Å². The summed E-state index contributed by atoms with van der Waals surface area (Å²) in [6.45, 7) is 18.0. The zero-order chi connectivity index (χ0) is 58.3. The Morgan fingerprint density at radius 2 is 0.663 bits per heavy atom. The molecule has 0 spiro atoms. The van der Waals surface area contributed by atoms with Gasteiger partial charge in [-0.15, -0.1) is 0 Å². The topological polar surface area (TPSA) is 42.6 Å². The fraction of sp³-hybridized carbons (Fsp3) is 0.125. The van der Waals surface area contributed by atoms with Crippen LogP contribution >= 0.6 is 0 Å². The summed E-state index contributed by atoms with van der Waals surface area (Å²) in [6.07, 6.45) is 0. The summed E-state index contributed by atoms with van der Waals surface area (Å²) in [5.41, 5.74) is 21.6. The van der Waals surface area contributed by atoms with Crippen molar-refractivity contribution < 1.29 is 8.83 Å². The van der Waals surface area contributed by atoms with Crippen molar-refractivity contribution in [2.24, 2.45) is 0 Å². The van der Waals surface area contributed by atoms with Gasteiger partial charge in [0.1, 0.15) is 22.3 Å². The van der Waals surface area contributed by atoms with Gasteiger partial charge in [0.15, 0.2) is 0 Å². The van der Waals surface area contributed by atoms with Crippen LogP contribution in [0.2, 0.25) is 0 Å². The first-order chi connectivity index (χ1) is 41.7. The van der Waals surface area contributed by atoms with Crippen molar-refractivity contribution in [3.05, 3.63) is 265 Å². The normalized spacial score (nSPS) is 12.4. The molecule has 0 unspecified atom stereocenters. The summed E-state index contributed by atoms with van der Waals surface area (Å²) in [4.78, 5) is 4.70. The van der Waals surface area contributed by atoms with E-state index in [0.29, 0.717) is 0 Å². The zero-order valence-electron chi connectivity index (χ0n) is 49.7. The lowest BCUT2D eigenvalue weighted by molar-refractivity contribution is 0.589. The number of hydrogen-bond donors (Lipinski definition) is 0. The maximum absolute atomic E-state index is 6.91. The van der Waals surface area contributed by atoms with Gasteiger partial charge in [-0.05, 0) is 192 Å². The van der Waals surface area contributed by atoms with Gasteiger partial charge in [0.2, 0.25) is 0 Å². The highest BCUT2D eigenvalue weighted by Gasteiger charge is 2.25. The Labute approximate surface area is 500 Å². The summed E-state index contributed by atoms with van der Waals surface area (Å²) in [7, 11) is 0. The molecule has 0 atom stereocenters. The number of aromatic nitrogens is 2. The van der Waals surface area contributed by atoms with Crippen molar-refractivity contribution >= 4 is 132 Å². The quantitative estimate of drug-likeness (QED) is 0.152. The van der Waals surface area contributed by atoms with Crippen molar-refractivity contribution in [3.63, 3.8) is 0 Å². The van der Waals surface area contributed by atoms with Crippen molar-refractivity contribution in [2.75, 3.05) is 9.80 Å². The zero-order valence-corrected chi connectivity index (χ0v) is 49.7. The van der Waals surface area contributed by atoms with Crippen molar-refractivity contribution in [3.8, 4) is 11.4 Å². The van der Waals surface area contributed by atoms with Gasteiger partial charge in [0.25, 0.3) is 0 Å². The molecular weight excluding hydrogens is 1050 g/mol. The second-order valence-electron chi connectivity index (χ2n) is 25.6. The fourth-order valence-corrected chi connectivity index (χ4v) is 13.6. The van der Waals surface area contributed by atoms with Crippen LogP contribution in [0.1, 0.15) is 63.8 Å². The molecule has 0 aliphatic rings. The Morgan fingerprint density at radius 3 is 1.07 bits per heavy atom. The number of nitrogens with zero attached hydrogens (tertiary/aromatic N) is 4. The van der Waals surface area contributed by atoms with Gasteiger partial charge in [-0.25, -0.2) is 0 Å². The molecule has 0 radical (unpaired) electrons. The van der Waals surface area contributed by atoms with Crippen LogP contribution in [-0.2, 0) is 10.8 Å². The second kappa shape index (κ2) is 19.1. The van der Waals surface area contributed by atoms with Crippen LogP contribution in [0.5, 0.6) is 0 Å². The van der Waals surface area contributed by atoms with E-state index in [4.69, 9.17) is 8.83 Å². The van der Waals surface area contributed by atoms with Crippen LogP contribution in [0.3, 0.4) is 0 Å². The summed E-state index contributed by atoms with van der Waals surface area (Å²) in [5.74, 6) is 0. The summed E-state index contributed by atoms with van der Waals surface area (Å²) in [6, 6.07) is 88.9. The number of rotatable bonds is 8. The molecular formula is C80H64N4O2. The van der Waals surface area contributed by atoms with Gasteiger partial charge in [-0.3, -0.25) is 0 Å². The molecule has 0 saturated heterocycles. The maximum atomic E-state index is 6.91. The molecule has 416 valence electrons. The number of benzene rings is 12. The predicted octanol–water partition coefficient (Wildman–Crippen LogP) is 23.0. The number of furan rings is 2. The molecule has 0 fully saturated rings. The molecule has 12 aromatic carbocycles. The molecule has 0 saturated carbocycles. The van der Waals surface area contributed by atoms with E-state index in [1.165, 1.54) is 54.8 Å². The van der Waals surface area contributed by atoms with E-state index in [1.807, 2.05) is 0 Å². The lowest BCUT2D eigenvalue weighted by Gasteiger charge is -2.26. The van der Waals surface area contributed by atoms with E-state index in [1.54, 1.807) is 0 Å². The summed E-state index contributed by atoms with van der Waals surface area (Å²) >= 11 is 0. The molecule has 4 heterocycles. The van der Waals surface area contributed by atoms with Crippen LogP contribution in [0.25, 0.3) is 110 Å². The van der Waals surface area contributed by atoms with Crippen LogP contribution < -0.4 is 9.80 Å². The third-order valence-corrected chi connectivity index (χ3v) is 17.8. The number of aryl methyl sites for hydroxylation is 2. The molecule has 16 aromatic rings. The molecule has 0 aliphatic heterocycles. The van der Waals surface area contributed by atoms with Crippen molar-refractivity contribution in [1.29, 1.82) is 0 Å². The third kappa shape index (κ3) is 8.22. The minimum Gasteiger partial charge on any atom is -0.456 e. The minimum atomic E-state index is 0.00284. The second-order valence-corrected chi connectivity index (χ2v) is 25.6. The van der Waals surface area contributed by atoms with Crippen LogP contribution in [0.4, 0.5) is 34.1 Å². The van der Waals surface area contributed by atoms with E-state index in [2.05, 4.69) is 317 Å². The number of anilines is 6. The molecule has 0 N–H and O–H groups in total. The molecule has 0 amide bonds. The van der Waals surface area contributed by atoms with Gasteiger partial charge in [-0.2, -0.15) is 0 Å². The average Bonchev–Trinajstić information content (AvgIpc) is 1.63. The van der Waals surface area contributed by atoms with E-state index in [0.717, 1.165) is 111 Å². The Hall–Kier alpha value is -10.3. The molecule has 0 aliphatic carbocycles. The Balaban J connectivity index is 0.812. The molecule has 6 heteroatoms. The van der Waals surface area contributed by atoms with E-state index in [-0.39, 0.29) is 10.8 Å². The van der Waals surface area contributed by atoms with Gasteiger partial charge >= 0.3 is 0 Å². The smallest absolute Gasteiger partial charge is 0.137 e. The van der Waals surface area contributed by atoms with Gasteiger partial charge in [0, 0.05) is 101 Å². The number of fused-ring (bicyclic) bond motifs is 15. The SMILES string of the molecule is Cc1ccc2c(c1)c1ccc(N(c3ccccc3)c3ccc4c(c3)oc3ccc5c(ccc6oc7cc(N(c8ccccc8)c8ccc9c%10cc(C)ccc%10n(-c%10cccc(C(C)(C)C)c%10)c9c8)ccc7c65)c34)cc1n2-c1cccc(C(C)(C)C)c1. The first-order valence-corrected chi connectivity index (χ1v) is 30.0. The first-order valence-electron chi connectivity index (χ1n) is 30.0. The lowest BCUT2D eigenvalue weighted by Crippen LogP contribution is -2.11. The molecule has 0 bridgehead atoms. The maximum Gasteiger partial charge on any atom is 0.137 e. The molecule has 4 aromatic heterocycles. The van der Waals surface area contributed by atoms with Crippen molar-refractivity contribution in [1.82, 2.24) is 9.13 Å². The molecule has 16 rings (SSSR count). The first kappa shape index (κ1) is 51.3. The minimum absolute atomic E-state index is 0.00284. The van der Waals surface area contributed by atoms with Gasteiger partial charge < -0.3 is 27.8 Å². The predicted molar refractivity (Wildman–Crippen MR) is 363 cm³/mol. The fourth-order valence-electron chi connectivity index (χ4n) is 13.6. The molecule has 6 nitrogen and oxygen atoms in total. The van der Waals surface area contributed by atoms with Gasteiger partial charge in [-0.1, -0.05) is 138 Å².